The van der Waals surface area contributed by atoms with Crippen molar-refractivity contribution in [3.05, 3.63) is 29.6 Å². The molecule has 0 aromatic heterocycles. The van der Waals surface area contributed by atoms with Gasteiger partial charge in [0, 0.05) is 32.7 Å². The Morgan fingerprint density at radius 3 is 2.57 bits per heavy atom. The minimum atomic E-state index is -0.316. The monoisotopic (exact) mass is 291 g/mol. The molecule has 1 aliphatic rings. The van der Waals surface area contributed by atoms with Gasteiger partial charge in [-0.2, -0.15) is 5.26 Å². The van der Waals surface area contributed by atoms with Gasteiger partial charge in [-0.25, -0.2) is 4.39 Å². The highest BCUT2D eigenvalue weighted by atomic mass is 19.1. The van der Waals surface area contributed by atoms with Crippen LogP contribution >= 0.6 is 0 Å². The highest BCUT2D eigenvalue weighted by molar-refractivity contribution is 5.29. The normalized spacial score (nSPS) is 18.2. The van der Waals surface area contributed by atoms with E-state index in [2.05, 4.69) is 15.9 Å². The van der Waals surface area contributed by atoms with Gasteiger partial charge in [0.25, 0.3) is 0 Å². The Morgan fingerprint density at radius 1 is 1.33 bits per heavy atom. The largest absolute Gasteiger partial charge is 0.494 e. The Labute approximate surface area is 125 Å². The molecule has 0 spiro atoms. The molecule has 0 N–H and O–H groups in total. The van der Waals surface area contributed by atoms with Crippen LogP contribution < -0.4 is 4.74 Å². The topological polar surface area (TPSA) is 39.5 Å². The van der Waals surface area contributed by atoms with Crippen molar-refractivity contribution in [3.63, 3.8) is 0 Å². The number of hydrogen-bond acceptors (Lipinski definition) is 4. The second-order valence-electron chi connectivity index (χ2n) is 5.33. The van der Waals surface area contributed by atoms with Crippen LogP contribution in [0.2, 0.25) is 0 Å². The van der Waals surface area contributed by atoms with Crippen LogP contribution in [0.15, 0.2) is 18.2 Å². The van der Waals surface area contributed by atoms with Crippen LogP contribution in [0.25, 0.3) is 0 Å². The van der Waals surface area contributed by atoms with Gasteiger partial charge < -0.3 is 4.74 Å². The molecule has 0 saturated carbocycles. The Kier molecular flexibility index (Phi) is 5.54. The zero-order valence-corrected chi connectivity index (χ0v) is 12.7. The molecule has 1 heterocycles. The number of nitrogens with zero attached hydrogens (tertiary/aromatic N) is 3. The number of piperazine rings is 1. The minimum absolute atomic E-state index is 0.0191. The maximum atomic E-state index is 13.7. The van der Waals surface area contributed by atoms with E-state index >= 15 is 0 Å². The molecule has 1 aliphatic heterocycles. The molecule has 2 rings (SSSR count). The number of benzene rings is 1. The molecule has 0 bridgehead atoms. The van der Waals surface area contributed by atoms with Crippen LogP contribution in [0.4, 0.5) is 4.39 Å². The van der Waals surface area contributed by atoms with Crippen molar-refractivity contribution in [1.29, 1.82) is 5.26 Å². The van der Waals surface area contributed by atoms with Crippen LogP contribution in [-0.2, 0) is 6.54 Å². The van der Waals surface area contributed by atoms with E-state index in [-0.39, 0.29) is 17.6 Å². The smallest absolute Gasteiger partial charge is 0.165 e. The van der Waals surface area contributed by atoms with Crippen molar-refractivity contribution >= 4 is 0 Å². The summed E-state index contributed by atoms with van der Waals surface area (Å²) in [5, 5.41) is 9.10. The van der Waals surface area contributed by atoms with Crippen molar-refractivity contribution in [2.45, 2.75) is 25.9 Å². The summed E-state index contributed by atoms with van der Waals surface area (Å²) in [6.45, 7) is 6.38. The molecule has 1 aromatic carbocycles. The fourth-order valence-corrected chi connectivity index (χ4v) is 2.73. The van der Waals surface area contributed by atoms with E-state index in [4.69, 9.17) is 10.00 Å². The van der Waals surface area contributed by atoms with E-state index in [1.54, 1.807) is 6.07 Å². The minimum Gasteiger partial charge on any atom is -0.494 e. The number of rotatable bonds is 5. The molecule has 0 radical (unpaired) electrons. The first-order chi connectivity index (χ1) is 10.2. The van der Waals surface area contributed by atoms with E-state index in [0.717, 1.165) is 44.7 Å². The number of halogens is 1. The Balaban J connectivity index is 1.89. The van der Waals surface area contributed by atoms with Gasteiger partial charge in [0.05, 0.1) is 19.2 Å². The van der Waals surface area contributed by atoms with Gasteiger partial charge in [-0.05, 0) is 24.1 Å². The number of hydrogen-bond donors (Lipinski definition) is 0. The van der Waals surface area contributed by atoms with Crippen molar-refractivity contribution in [2.24, 2.45) is 0 Å². The lowest BCUT2D eigenvalue weighted by atomic mass is 10.1. The lowest BCUT2D eigenvalue weighted by Crippen LogP contribution is -2.49. The summed E-state index contributed by atoms with van der Waals surface area (Å²) in [5.41, 5.74) is 0.953. The fourth-order valence-electron chi connectivity index (χ4n) is 2.73. The summed E-state index contributed by atoms with van der Waals surface area (Å²) >= 11 is 0. The van der Waals surface area contributed by atoms with Gasteiger partial charge in [-0.3, -0.25) is 9.80 Å². The predicted molar refractivity (Wildman–Crippen MR) is 79.5 cm³/mol. The second kappa shape index (κ2) is 7.39. The van der Waals surface area contributed by atoms with E-state index in [1.165, 1.54) is 13.2 Å². The van der Waals surface area contributed by atoms with E-state index in [1.807, 2.05) is 13.0 Å². The molecule has 1 saturated heterocycles. The summed E-state index contributed by atoms with van der Waals surface area (Å²) in [6, 6.07) is 7.48. The van der Waals surface area contributed by atoms with Crippen molar-refractivity contribution in [3.8, 4) is 11.8 Å². The molecule has 5 heteroatoms. The molecule has 0 amide bonds. The lowest BCUT2D eigenvalue weighted by Gasteiger charge is -2.36. The second-order valence-corrected chi connectivity index (χ2v) is 5.33. The zero-order valence-electron chi connectivity index (χ0n) is 12.7. The van der Waals surface area contributed by atoms with E-state index < -0.39 is 0 Å². The average Bonchev–Trinajstić information content (AvgIpc) is 2.50. The maximum Gasteiger partial charge on any atom is 0.165 e. The molecule has 0 aliphatic carbocycles. The molecule has 1 atom stereocenters. The summed E-state index contributed by atoms with van der Waals surface area (Å²) < 4.78 is 18.6. The van der Waals surface area contributed by atoms with Crippen molar-refractivity contribution in [1.82, 2.24) is 9.80 Å². The Morgan fingerprint density at radius 2 is 2.05 bits per heavy atom. The molecule has 1 fully saturated rings. The third-order valence-electron chi connectivity index (χ3n) is 4.01. The molecule has 114 valence electrons. The van der Waals surface area contributed by atoms with Crippen LogP contribution in [0.1, 0.15) is 18.9 Å². The Hall–Kier alpha value is -1.64. The molecule has 21 heavy (non-hydrogen) atoms. The number of nitriles is 1. The first kappa shape index (κ1) is 15.7. The highest BCUT2D eigenvalue weighted by Gasteiger charge is 2.22. The average molecular weight is 291 g/mol. The predicted octanol–water partition coefficient (Wildman–Crippen LogP) is 2.25. The highest BCUT2D eigenvalue weighted by Crippen LogP contribution is 2.19. The molecular weight excluding hydrogens is 269 g/mol. The fraction of sp³-hybridized carbons (Fsp3) is 0.562. The van der Waals surface area contributed by atoms with Gasteiger partial charge in [0.1, 0.15) is 0 Å². The van der Waals surface area contributed by atoms with Gasteiger partial charge in [0.15, 0.2) is 11.6 Å². The summed E-state index contributed by atoms with van der Waals surface area (Å²) in [7, 11) is 1.47. The quantitative estimate of drug-likeness (QED) is 0.834. The van der Waals surface area contributed by atoms with Gasteiger partial charge >= 0.3 is 0 Å². The summed E-state index contributed by atoms with van der Waals surface area (Å²) in [4.78, 5) is 4.52. The van der Waals surface area contributed by atoms with Crippen LogP contribution in [-0.4, -0.2) is 49.1 Å². The van der Waals surface area contributed by atoms with Gasteiger partial charge in [0.2, 0.25) is 0 Å². The van der Waals surface area contributed by atoms with Gasteiger partial charge in [-0.15, -0.1) is 0 Å². The van der Waals surface area contributed by atoms with Crippen molar-refractivity contribution in [2.75, 3.05) is 33.3 Å². The SMILES string of the molecule is CCC(C#N)N1CCN(Cc2ccc(OC)c(F)c2)CC1. The van der Waals surface area contributed by atoms with Crippen molar-refractivity contribution < 1.29 is 9.13 Å². The third-order valence-corrected chi connectivity index (χ3v) is 4.01. The van der Waals surface area contributed by atoms with Crippen LogP contribution in [0.3, 0.4) is 0 Å². The zero-order chi connectivity index (χ0) is 15.2. The molecule has 4 nitrogen and oxygen atoms in total. The molecular formula is C16H22FN3O. The van der Waals surface area contributed by atoms with E-state index in [0.29, 0.717) is 0 Å². The summed E-state index contributed by atoms with van der Waals surface area (Å²) in [6.07, 6.45) is 0.861. The summed E-state index contributed by atoms with van der Waals surface area (Å²) in [5.74, 6) is -0.0347. The number of methoxy groups -OCH3 is 1. The first-order valence-corrected chi connectivity index (χ1v) is 7.36. The van der Waals surface area contributed by atoms with Crippen LogP contribution in [0.5, 0.6) is 5.75 Å². The van der Waals surface area contributed by atoms with Gasteiger partial charge in [-0.1, -0.05) is 13.0 Å². The molecule has 1 aromatic rings. The third kappa shape index (κ3) is 3.93. The Bertz CT molecular complexity index is 507. The van der Waals surface area contributed by atoms with Crippen LogP contribution in [0, 0.1) is 17.1 Å². The standard InChI is InChI=1S/C16H22FN3O/c1-3-14(11-18)20-8-6-19(7-9-20)12-13-4-5-16(21-2)15(17)10-13/h4-5,10,14H,3,6-9,12H2,1-2H3. The first-order valence-electron chi connectivity index (χ1n) is 7.36. The molecule has 1 unspecified atom stereocenters. The van der Waals surface area contributed by atoms with E-state index in [9.17, 15) is 4.39 Å². The number of ether oxygens (including phenoxy) is 1. The maximum absolute atomic E-state index is 13.7. The lowest BCUT2D eigenvalue weighted by molar-refractivity contribution is 0.108.